The molecule has 23 heavy (non-hydrogen) atoms. The number of aryl methyl sites for hydroxylation is 1. The Bertz CT molecular complexity index is 540. The zero-order valence-corrected chi connectivity index (χ0v) is 13.8. The lowest BCUT2D eigenvalue weighted by Crippen LogP contribution is -2.45. The quantitative estimate of drug-likeness (QED) is 0.875. The Hall–Kier alpha value is -2.04. The highest BCUT2D eigenvalue weighted by Gasteiger charge is 2.27. The number of benzene rings is 1. The van der Waals surface area contributed by atoms with E-state index < -0.39 is 12.1 Å². The van der Waals surface area contributed by atoms with Gasteiger partial charge in [0.05, 0.1) is 0 Å². The van der Waals surface area contributed by atoms with E-state index in [0.717, 1.165) is 24.9 Å². The summed E-state index contributed by atoms with van der Waals surface area (Å²) in [6.07, 6.45) is 2.18. The number of aliphatic carboxylic acids is 1. The lowest BCUT2D eigenvalue weighted by atomic mass is 9.93. The van der Waals surface area contributed by atoms with E-state index in [4.69, 9.17) is 9.84 Å². The average Bonchev–Trinajstić information content (AvgIpc) is 2.54. The summed E-state index contributed by atoms with van der Waals surface area (Å²) < 4.78 is 5.73. The van der Waals surface area contributed by atoms with Crippen LogP contribution in [0.4, 0.5) is 0 Å². The second kappa shape index (κ2) is 7.99. The van der Waals surface area contributed by atoms with Crippen LogP contribution in [0.2, 0.25) is 0 Å². The van der Waals surface area contributed by atoms with E-state index in [0.29, 0.717) is 18.7 Å². The molecule has 0 aromatic heterocycles. The molecule has 0 aliphatic carbocycles. The lowest BCUT2D eigenvalue weighted by molar-refractivity contribution is -0.140. The van der Waals surface area contributed by atoms with Crippen LogP contribution in [0.5, 0.6) is 5.75 Å². The molecule has 1 heterocycles. The Morgan fingerprint density at radius 1 is 1.35 bits per heavy atom. The molecule has 0 radical (unpaired) electrons. The summed E-state index contributed by atoms with van der Waals surface area (Å²) in [5.74, 6) is 0.168. The fourth-order valence-corrected chi connectivity index (χ4v) is 2.96. The number of piperidine rings is 1. The maximum atomic E-state index is 12.5. The molecule has 0 bridgehead atoms. The normalized spacial score (nSPS) is 19.2. The Balaban J connectivity index is 1.87. The first kappa shape index (κ1) is 17.3. The van der Waals surface area contributed by atoms with Crippen LogP contribution >= 0.6 is 0 Å². The van der Waals surface area contributed by atoms with Crippen LogP contribution in [-0.2, 0) is 9.59 Å². The van der Waals surface area contributed by atoms with Gasteiger partial charge in [-0.15, -0.1) is 0 Å². The number of hydrogen-bond donors (Lipinski definition) is 1. The first-order chi connectivity index (χ1) is 11.0. The molecular formula is C18H25NO4. The van der Waals surface area contributed by atoms with E-state index in [9.17, 15) is 9.59 Å². The molecule has 5 heteroatoms. The van der Waals surface area contributed by atoms with Gasteiger partial charge in [-0.05, 0) is 51.2 Å². The predicted molar refractivity (Wildman–Crippen MR) is 87.4 cm³/mol. The van der Waals surface area contributed by atoms with Crippen molar-refractivity contribution >= 4 is 11.9 Å². The van der Waals surface area contributed by atoms with Crippen LogP contribution in [0.3, 0.4) is 0 Å². The molecule has 0 spiro atoms. The first-order valence-electron chi connectivity index (χ1n) is 8.19. The number of hydrogen-bond acceptors (Lipinski definition) is 3. The van der Waals surface area contributed by atoms with Gasteiger partial charge in [0.1, 0.15) is 5.75 Å². The van der Waals surface area contributed by atoms with E-state index in [2.05, 4.69) is 0 Å². The second-order valence-corrected chi connectivity index (χ2v) is 6.30. The van der Waals surface area contributed by atoms with Crippen LogP contribution in [0.15, 0.2) is 24.3 Å². The summed E-state index contributed by atoms with van der Waals surface area (Å²) in [5.41, 5.74) is 1.15. The molecule has 0 saturated carbocycles. The highest BCUT2D eigenvalue weighted by Crippen LogP contribution is 2.22. The highest BCUT2D eigenvalue weighted by atomic mass is 16.5. The molecule has 2 atom stereocenters. The molecule has 5 nitrogen and oxygen atoms in total. The van der Waals surface area contributed by atoms with Gasteiger partial charge in [-0.1, -0.05) is 17.7 Å². The van der Waals surface area contributed by atoms with E-state index in [1.807, 2.05) is 36.1 Å². The second-order valence-electron chi connectivity index (χ2n) is 6.30. The maximum absolute atomic E-state index is 12.5. The molecule has 1 aliphatic heterocycles. The molecule has 1 aromatic rings. The van der Waals surface area contributed by atoms with Crippen molar-refractivity contribution in [2.24, 2.45) is 5.92 Å². The maximum Gasteiger partial charge on any atom is 0.303 e. The third-order valence-corrected chi connectivity index (χ3v) is 4.28. The summed E-state index contributed by atoms with van der Waals surface area (Å²) in [7, 11) is 0. The Morgan fingerprint density at radius 3 is 2.70 bits per heavy atom. The van der Waals surface area contributed by atoms with Crippen molar-refractivity contribution < 1.29 is 19.4 Å². The van der Waals surface area contributed by atoms with E-state index >= 15 is 0 Å². The van der Waals surface area contributed by atoms with Gasteiger partial charge >= 0.3 is 5.97 Å². The topological polar surface area (TPSA) is 66.8 Å². The summed E-state index contributed by atoms with van der Waals surface area (Å²) >= 11 is 0. The van der Waals surface area contributed by atoms with Crippen molar-refractivity contribution in [3.63, 3.8) is 0 Å². The molecule has 1 amide bonds. The molecular weight excluding hydrogens is 294 g/mol. The van der Waals surface area contributed by atoms with Crippen LogP contribution in [-0.4, -0.2) is 41.1 Å². The Labute approximate surface area is 137 Å². The number of carboxylic acids is 1. The largest absolute Gasteiger partial charge is 0.481 e. The van der Waals surface area contributed by atoms with Gasteiger partial charge in [0.2, 0.25) is 0 Å². The lowest BCUT2D eigenvalue weighted by Gasteiger charge is -2.34. The van der Waals surface area contributed by atoms with Crippen molar-refractivity contribution in [3.05, 3.63) is 29.8 Å². The molecule has 1 aromatic carbocycles. The Kier molecular flexibility index (Phi) is 6.02. The van der Waals surface area contributed by atoms with Crippen molar-refractivity contribution in [2.75, 3.05) is 13.1 Å². The minimum absolute atomic E-state index is 0.0226. The van der Waals surface area contributed by atoms with Gasteiger partial charge in [-0.2, -0.15) is 0 Å². The van der Waals surface area contributed by atoms with Crippen molar-refractivity contribution in [2.45, 2.75) is 45.6 Å². The molecule has 1 N–H and O–H groups in total. The molecule has 1 aliphatic rings. The van der Waals surface area contributed by atoms with Crippen LogP contribution in [0.25, 0.3) is 0 Å². The minimum atomic E-state index is -0.774. The third kappa shape index (κ3) is 5.27. The molecule has 126 valence electrons. The number of carbonyl (C=O) groups is 2. The summed E-state index contributed by atoms with van der Waals surface area (Å²) in [6.45, 7) is 5.13. The predicted octanol–water partition coefficient (Wildman–Crippen LogP) is 2.87. The molecule has 1 fully saturated rings. The first-order valence-corrected chi connectivity index (χ1v) is 8.19. The number of ether oxygens (including phenoxy) is 1. The van der Waals surface area contributed by atoms with Crippen molar-refractivity contribution in [1.29, 1.82) is 0 Å². The summed E-state index contributed by atoms with van der Waals surface area (Å²) in [4.78, 5) is 25.0. The zero-order valence-electron chi connectivity index (χ0n) is 13.8. The third-order valence-electron chi connectivity index (χ3n) is 4.28. The average molecular weight is 319 g/mol. The van der Waals surface area contributed by atoms with Gasteiger partial charge in [0.25, 0.3) is 5.91 Å². The van der Waals surface area contributed by atoms with E-state index in [1.54, 1.807) is 6.92 Å². The minimum Gasteiger partial charge on any atom is -0.481 e. The Morgan fingerprint density at radius 2 is 2.04 bits per heavy atom. The number of nitrogens with zero attached hydrogens (tertiary/aromatic N) is 1. The highest BCUT2D eigenvalue weighted by molar-refractivity contribution is 5.81. The fourth-order valence-electron chi connectivity index (χ4n) is 2.96. The van der Waals surface area contributed by atoms with Crippen LogP contribution < -0.4 is 4.74 Å². The summed E-state index contributed by atoms with van der Waals surface area (Å²) in [5, 5.41) is 8.79. The van der Waals surface area contributed by atoms with Crippen LogP contribution in [0.1, 0.15) is 38.2 Å². The smallest absolute Gasteiger partial charge is 0.303 e. The number of likely N-dealkylation sites (tertiary alicyclic amines) is 1. The molecule has 0 unspecified atom stereocenters. The fraction of sp³-hybridized carbons (Fsp3) is 0.556. The van der Waals surface area contributed by atoms with Crippen molar-refractivity contribution in [1.82, 2.24) is 4.90 Å². The zero-order chi connectivity index (χ0) is 16.8. The van der Waals surface area contributed by atoms with Gasteiger partial charge in [-0.25, -0.2) is 0 Å². The monoisotopic (exact) mass is 319 g/mol. The standard InChI is InChI=1S/C18H25NO4/c1-13-5-8-16(9-6-13)23-14(2)18(22)19-11-3-4-15(12-19)7-10-17(20)21/h5-6,8-9,14-15H,3-4,7,10-12H2,1-2H3,(H,20,21)/t14-,15+/m0/s1. The SMILES string of the molecule is Cc1ccc(O[C@@H](C)C(=O)N2CCC[C@H](CCC(=O)O)C2)cc1. The van der Waals surface area contributed by atoms with Gasteiger partial charge in [0, 0.05) is 19.5 Å². The van der Waals surface area contributed by atoms with E-state index in [1.165, 1.54) is 0 Å². The number of carbonyl (C=O) groups excluding carboxylic acids is 1. The number of carboxylic acid groups (broad SMARTS) is 1. The van der Waals surface area contributed by atoms with Crippen LogP contribution in [0, 0.1) is 12.8 Å². The van der Waals surface area contributed by atoms with Crippen molar-refractivity contribution in [3.8, 4) is 5.75 Å². The summed E-state index contributed by atoms with van der Waals surface area (Å²) in [6, 6.07) is 7.64. The number of amides is 1. The van der Waals surface area contributed by atoms with Gasteiger partial charge < -0.3 is 14.7 Å². The molecule has 1 saturated heterocycles. The van der Waals surface area contributed by atoms with Gasteiger partial charge in [-0.3, -0.25) is 9.59 Å². The van der Waals surface area contributed by atoms with E-state index in [-0.39, 0.29) is 18.2 Å². The number of rotatable bonds is 6. The van der Waals surface area contributed by atoms with Gasteiger partial charge in [0.15, 0.2) is 6.10 Å². The molecule has 2 rings (SSSR count).